The third-order valence-electron chi connectivity index (χ3n) is 5.35. The molecule has 0 N–H and O–H groups in total. The highest BCUT2D eigenvalue weighted by Gasteiger charge is 2.44. The zero-order chi connectivity index (χ0) is 16.6. The molecule has 0 radical (unpaired) electrons. The molecule has 2 aliphatic heterocycles. The van der Waals surface area contributed by atoms with Gasteiger partial charge in [0.1, 0.15) is 12.3 Å². The number of likely N-dealkylation sites (tertiary alicyclic amines) is 1. The molecular weight excluding hydrogens is 306 g/mol. The highest BCUT2D eigenvalue weighted by molar-refractivity contribution is 5.92. The van der Waals surface area contributed by atoms with E-state index in [4.69, 9.17) is 4.74 Å². The van der Waals surface area contributed by atoms with Crippen LogP contribution in [0.2, 0.25) is 0 Å². The molecule has 2 saturated heterocycles. The van der Waals surface area contributed by atoms with Crippen molar-refractivity contribution < 1.29 is 14.3 Å². The number of nitrogens with zero attached hydrogens (tertiary/aromatic N) is 3. The molecular formula is C18H23N3O3. The number of rotatable bonds is 3. The van der Waals surface area contributed by atoms with E-state index in [0.717, 1.165) is 19.4 Å². The lowest BCUT2D eigenvalue weighted by Crippen LogP contribution is -2.59. The molecule has 0 bridgehead atoms. The number of amides is 2. The van der Waals surface area contributed by atoms with Gasteiger partial charge in [0.25, 0.3) is 5.91 Å². The Morgan fingerprint density at radius 1 is 1.29 bits per heavy atom. The van der Waals surface area contributed by atoms with Gasteiger partial charge < -0.3 is 14.5 Å². The number of hydrogen-bond donors (Lipinski definition) is 0. The minimum absolute atomic E-state index is 0.0211. The van der Waals surface area contributed by atoms with Crippen LogP contribution < -0.4 is 0 Å². The van der Waals surface area contributed by atoms with E-state index in [2.05, 4.69) is 4.98 Å². The second-order valence-electron chi connectivity index (χ2n) is 7.20. The van der Waals surface area contributed by atoms with Gasteiger partial charge in [-0.3, -0.25) is 14.6 Å². The first kappa shape index (κ1) is 15.6. The van der Waals surface area contributed by atoms with Gasteiger partial charge in [-0.1, -0.05) is 6.07 Å². The van der Waals surface area contributed by atoms with E-state index < -0.39 is 0 Å². The third kappa shape index (κ3) is 3.15. The van der Waals surface area contributed by atoms with Crippen LogP contribution in [0, 0.1) is 5.92 Å². The van der Waals surface area contributed by atoms with Gasteiger partial charge in [-0.05, 0) is 43.7 Å². The van der Waals surface area contributed by atoms with Crippen molar-refractivity contribution in [2.24, 2.45) is 5.92 Å². The van der Waals surface area contributed by atoms with Gasteiger partial charge in [-0.25, -0.2) is 0 Å². The summed E-state index contributed by atoms with van der Waals surface area (Å²) in [6, 6.07) is 5.39. The van der Waals surface area contributed by atoms with Gasteiger partial charge in [0, 0.05) is 32.4 Å². The van der Waals surface area contributed by atoms with Crippen molar-refractivity contribution in [3.05, 3.63) is 30.1 Å². The topological polar surface area (TPSA) is 62.7 Å². The molecule has 0 atom stereocenters. The standard InChI is InChI=1S/C18H23N3O3/c22-16-12-24-18(13-21(16)11-14-4-5-14)6-9-20(10-7-18)17(23)15-3-1-2-8-19-15/h1-3,8,14H,4-7,9-13H2. The van der Waals surface area contributed by atoms with Gasteiger partial charge in [-0.15, -0.1) is 0 Å². The number of piperidine rings is 1. The summed E-state index contributed by atoms with van der Waals surface area (Å²) in [4.78, 5) is 32.5. The van der Waals surface area contributed by atoms with Crippen molar-refractivity contribution in [2.75, 3.05) is 32.8 Å². The maximum absolute atomic E-state index is 12.5. The van der Waals surface area contributed by atoms with E-state index in [1.54, 1.807) is 12.3 Å². The first-order valence-corrected chi connectivity index (χ1v) is 8.77. The van der Waals surface area contributed by atoms with Crippen LogP contribution in [0.4, 0.5) is 0 Å². The Bertz CT molecular complexity index is 622. The van der Waals surface area contributed by atoms with Gasteiger partial charge >= 0.3 is 0 Å². The summed E-state index contributed by atoms with van der Waals surface area (Å²) in [5, 5.41) is 0. The fourth-order valence-electron chi connectivity index (χ4n) is 3.64. The molecule has 1 saturated carbocycles. The van der Waals surface area contributed by atoms with Crippen molar-refractivity contribution in [1.29, 1.82) is 0 Å². The van der Waals surface area contributed by atoms with Crippen molar-refractivity contribution in [2.45, 2.75) is 31.3 Å². The van der Waals surface area contributed by atoms with Crippen molar-refractivity contribution in [1.82, 2.24) is 14.8 Å². The molecule has 3 fully saturated rings. The molecule has 2 amide bonds. The normalized spacial score (nSPS) is 23.6. The van der Waals surface area contributed by atoms with Crippen LogP contribution in [0.25, 0.3) is 0 Å². The van der Waals surface area contributed by atoms with Crippen LogP contribution in [0.1, 0.15) is 36.2 Å². The van der Waals surface area contributed by atoms with E-state index in [-0.39, 0.29) is 24.0 Å². The Kier molecular flexibility index (Phi) is 4.00. The number of aromatic nitrogens is 1. The summed E-state index contributed by atoms with van der Waals surface area (Å²) in [7, 11) is 0. The molecule has 0 unspecified atom stereocenters. The SMILES string of the molecule is O=C1COC2(CCN(C(=O)c3ccccn3)CC2)CN1CC1CC1. The van der Waals surface area contributed by atoms with Crippen LogP contribution in [0.3, 0.4) is 0 Å². The van der Waals surface area contributed by atoms with Crippen LogP contribution >= 0.6 is 0 Å². The Hall–Kier alpha value is -1.95. The molecule has 1 aliphatic carbocycles. The van der Waals surface area contributed by atoms with Gasteiger partial charge in [0.2, 0.25) is 5.91 Å². The van der Waals surface area contributed by atoms with E-state index in [9.17, 15) is 9.59 Å². The summed E-state index contributed by atoms with van der Waals surface area (Å²) >= 11 is 0. The highest BCUT2D eigenvalue weighted by Crippen LogP contribution is 2.34. The molecule has 6 nitrogen and oxygen atoms in total. The monoisotopic (exact) mass is 329 g/mol. The molecule has 24 heavy (non-hydrogen) atoms. The molecule has 3 heterocycles. The first-order valence-electron chi connectivity index (χ1n) is 8.77. The molecule has 6 heteroatoms. The summed E-state index contributed by atoms with van der Waals surface area (Å²) < 4.78 is 5.94. The first-order chi connectivity index (χ1) is 11.7. The predicted octanol–water partition coefficient (Wildman–Crippen LogP) is 1.33. The number of pyridine rings is 1. The minimum atomic E-state index is -0.274. The fourth-order valence-corrected chi connectivity index (χ4v) is 3.64. The molecule has 128 valence electrons. The minimum Gasteiger partial charge on any atom is -0.363 e. The highest BCUT2D eigenvalue weighted by atomic mass is 16.5. The molecule has 1 aromatic heterocycles. The zero-order valence-corrected chi connectivity index (χ0v) is 13.8. The largest absolute Gasteiger partial charge is 0.363 e. The average molecular weight is 329 g/mol. The number of ether oxygens (including phenoxy) is 1. The number of morpholine rings is 1. The van der Waals surface area contributed by atoms with E-state index in [1.807, 2.05) is 21.9 Å². The third-order valence-corrected chi connectivity index (χ3v) is 5.35. The summed E-state index contributed by atoms with van der Waals surface area (Å²) in [5.74, 6) is 0.779. The zero-order valence-electron chi connectivity index (χ0n) is 13.8. The number of hydrogen-bond acceptors (Lipinski definition) is 4. The maximum atomic E-state index is 12.5. The van der Waals surface area contributed by atoms with Crippen LogP contribution in [-0.4, -0.2) is 65.0 Å². The second kappa shape index (κ2) is 6.16. The van der Waals surface area contributed by atoms with Crippen molar-refractivity contribution in [3.63, 3.8) is 0 Å². The Balaban J connectivity index is 1.38. The van der Waals surface area contributed by atoms with E-state index in [0.29, 0.717) is 31.2 Å². The molecule has 4 rings (SSSR count). The summed E-state index contributed by atoms with van der Waals surface area (Å²) in [6.07, 6.45) is 5.68. The Morgan fingerprint density at radius 2 is 2.08 bits per heavy atom. The lowest BCUT2D eigenvalue weighted by Gasteiger charge is -2.47. The van der Waals surface area contributed by atoms with Crippen LogP contribution in [0.5, 0.6) is 0 Å². The average Bonchev–Trinajstić information content (AvgIpc) is 3.43. The molecule has 0 aromatic carbocycles. The predicted molar refractivity (Wildman–Crippen MR) is 87.4 cm³/mol. The van der Waals surface area contributed by atoms with Crippen molar-refractivity contribution >= 4 is 11.8 Å². The molecule has 1 aromatic rings. The summed E-state index contributed by atoms with van der Waals surface area (Å²) in [5.41, 5.74) is 0.215. The van der Waals surface area contributed by atoms with E-state index in [1.165, 1.54) is 12.8 Å². The van der Waals surface area contributed by atoms with Gasteiger partial charge in [0.05, 0.1) is 5.60 Å². The maximum Gasteiger partial charge on any atom is 0.272 e. The van der Waals surface area contributed by atoms with Crippen molar-refractivity contribution in [3.8, 4) is 0 Å². The lowest BCUT2D eigenvalue weighted by molar-refractivity contribution is -0.170. The lowest BCUT2D eigenvalue weighted by atomic mass is 9.89. The number of carbonyl (C=O) groups excluding carboxylic acids is 2. The quantitative estimate of drug-likeness (QED) is 0.839. The van der Waals surface area contributed by atoms with Crippen LogP contribution in [0.15, 0.2) is 24.4 Å². The Labute approximate surface area is 141 Å². The second-order valence-corrected chi connectivity index (χ2v) is 7.20. The van der Waals surface area contributed by atoms with Gasteiger partial charge in [0.15, 0.2) is 0 Å². The molecule has 3 aliphatic rings. The Morgan fingerprint density at radius 3 is 2.75 bits per heavy atom. The summed E-state index contributed by atoms with van der Waals surface area (Å²) in [6.45, 7) is 3.04. The number of carbonyl (C=O) groups is 2. The van der Waals surface area contributed by atoms with E-state index >= 15 is 0 Å². The van der Waals surface area contributed by atoms with Gasteiger partial charge in [-0.2, -0.15) is 0 Å². The molecule has 1 spiro atoms. The van der Waals surface area contributed by atoms with Crippen LogP contribution in [-0.2, 0) is 9.53 Å². The fraction of sp³-hybridized carbons (Fsp3) is 0.611. The smallest absolute Gasteiger partial charge is 0.272 e.